The number of carboxylic acid groups (broad SMARTS) is 1. The van der Waals surface area contributed by atoms with E-state index in [1.165, 1.54) is 11.3 Å². The highest BCUT2D eigenvalue weighted by Gasteiger charge is 2.53. The summed E-state index contributed by atoms with van der Waals surface area (Å²) in [4.78, 5) is 24.5. The van der Waals surface area contributed by atoms with Crippen LogP contribution in [0, 0.1) is 11.8 Å². The molecule has 116 valence electrons. The number of hydrogen-bond donors (Lipinski definition) is 2. The zero-order chi connectivity index (χ0) is 15.6. The number of hydrogen-bond acceptors (Lipinski definition) is 3. The zero-order valence-electron chi connectivity index (χ0n) is 10.8. The Morgan fingerprint density at radius 2 is 2.14 bits per heavy atom. The van der Waals surface area contributed by atoms with Gasteiger partial charge in [-0.1, -0.05) is 6.07 Å². The van der Waals surface area contributed by atoms with Crippen LogP contribution in [0.15, 0.2) is 17.5 Å². The number of urea groups is 1. The maximum Gasteiger partial charge on any atom is 0.394 e. The number of carbonyl (C=O) groups is 2. The molecule has 5 nitrogen and oxygen atoms in total. The van der Waals surface area contributed by atoms with Crippen LogP contribution >= 0.6 is 11.3 Å². The number of nitrogens with one attached hydrogen (secondary N) is 1. The molecule has 9 heteroatoms. The van der Waals surface area contributed by atoms with Crippen LogP contribution in [0.3, 0.4) is 0 Å². The lowest BCUT2D eigenvalue weighted by molar-refractivity contribution is -0.187. The standard InChI is InChI=1S/C12H13F3N2O3S/c13-12(14,15)9-6-17(5-8(9)10(18)19)11(20)16-4-7-2-1-3-21-7/h1-3,8-9H,4-6H2,(H,16,20)(H,18,19)/t8-,9-/m1/s1. The lowest BCUT2D eigenvalue weighted by atomic mass is 9.96. The summed E-state index contributed by atoms with van der Waals surface area (Å²) in [5.41, 5.74) is 0. The zero-order valence-corrected chi connectivity index (χ0v) is 11.6. The van der Waals surface area contributed by atoms with Crippen LogP contribution in [0.5, 0.6) is 0 Å². The molecule has 1 saturated heterocycles. The summed E-state index contributed by atoms with van der Waals surface area (Å²) in [6, 6.07) is 2.90. The Hall–Kier alpha value is -1.77. The lowest BCUT2D eigenvalue weighted by Gasteiger charge is -2.18. The first-order chi connectivity index (χ1) is 9.79. The maximum atomic E-state index is 12.8. The molecule has 1 aromatic rings. The normalized spacial score (nSPS) is 22.3. The molecule has 0 unspecified atom stereocenters. The summed E-state index contributed by atoms with van der Waals surface area (Å²) in [7, 11) is 0. The number of rotatable bonds is 3. The predicted octanol–water partition coefficient (Wildman–Crippen LogP) is 2.15. The molecule has 1 aliphatic heterocycles. The van der Waals surface area contributed by atoms with Gasteiger partial charge in [0, 0.05) is 18.0 Å². The van der Waals surface area contributed by atoms with E-state index in [0.717, 1.165) is 9.78 Å². The molecule has 1 fully saturated rings. The first kappa shape index (κ1) is 15.6. The summed E-state index contributed by atoms with van der Waals surface area (Å²) in [5, 5.41) is 13.2. The fourth-order valence-corrected chi connectivity index (χ4v) is 2.88. The first-order valence-corrected chi connectivity index (χ1v) is 7.01. The van der Waals surface area contributed by atoms with Gasteiger partial charge in [-0.3, -0.25) is 4.79 Å². The summed E-state index contributed by atoms with van der Waals surface area (Å²) in [6.07, 6.45) is -4.63. The number of alkyl halides is 3. The van der Waals surface area contributed by atoms with E-state index < -0.39 is 43.1 Å². The first-order valence-electron chi connectivity index (χ1n) is 6.13. The van der Waals surface area contributed by atoms with Crippen molar-refractivity contribution in [3.8, 4) is 0 Å². The van der Waals surface area contributed by atoms with Crippen LogP contribution in [0.2, 0.25) is 0 Å². The fourth-order valence-electron chi connectivity index (χ4n) is 2.24. The van der Waals surface area contributed by atoms with Crippen LogP contribution < -0.4 is 5.32 Å². The average Bonchev–Trinajstić information content (AvgIpc) is 3.04. The monoisotopic (exact) mass is 322 g/mol. The van der Waals surface area contributed by atoms with Crippen molar-refractivity contribution in [3.05, 3.63) is 22.4 Å². The SMILES string of the molecule is O=C(O)[C@@H]1CN(C(=O)NCc2cccs2)C[C@H]1C(F)(F)F. The summed E-state index contributed by atoms with van der Waals surface area (Å²) in [6.45, 7) is -0.853. The highest BCUT2D eigenvalue weighted by molar-refractivity contribution is 7.09. The van der Waals surface area contributed by atoms with E-state index in [-0.39, 0.29) is 6.54 Å². The van der Waals surface area contributed by atoms with E-state index in [9.17, 15) is 22.8 Å². The van der Waals surface area contributed by atoms with Crippen molar-refractivity contribution in [1.82, 2.24) is 10.2 Å². The molecular weight excluding hydrogens is 309 g/mol. The van der Waals surface area contributed by atoms with E-state index >= 15 is 0 Å². The number of carboxylic acids is 1. The van der Waals surface area contributed by atoms with Crippen molar-refractivity contribution in [2.75, 3.05) is 13.1 Å². The molecule has 2 heterocycles. The molecule has 0 aromatic carbocycles. The van der Waals surface area contributed by atoms with Gasteiger partial charge in [0.25, 0.3) is 0 Å². The van der Waals surface area contributed by atoms with Crippen molar-refractivity contribution in [2.45, 2.75) is 12.7 Å². The minimum absolute atomic E-state index is 0.210. The fraction of sp³-hybridized carbons (Fsp3) is 0.500. The van der Waals surface area contributed by atoms with Crippen LogP contribution in [0.4, 0.5) is 18.0 Å². The molecule has 21 heavy (non-hydrogen) atoms. The molecule has 0 radical (unpaired) electrons. The Kier molecular flexibility index (Phi) is 4.40. The second-order valence-corrected chi connectivity index (χ2v) is 5.77. The molecule has 2 N–H and O–H groups in total. The van der Waals surface area contributed by atoms with Gasteiger partial charge in [0.1, 0.15) is 0 Å². The number of aliphatic carboxylic acids is 1. The van der Waals surface area contributed by atoms with Crippen molar-refractivity contribution < 1.29 is 27.9 Å². The van der Waals surface area contributed by atoms with Gasteiger partial charge < -0.3 is 15.3 Å². The number of halogens is 3. The summed E-state index contributed by atoms with van der Waals surface area (Å²) < 4.78 is 38.4. The smallest absolute Gasteiger partial charge is 0.394 e. The Morgan fingerprint density at radius 3 is 2.62 bits per heavy atom. The van der Waals surface area contributed by atoms with Crippen LogP contribution in [0.1, 0.15) is 4.88 Å². The summed E-state index contributed by atoms with van der Waals surface area (Å²) in [5.74, 6) is -5.18. The van der Waals surface area contributed by atoms with E-state index in [1.54, 1.807) is 12.1 Å². The lowest BCUT2D eigenvalue weighted by Crippen LogP contribution is -2.39. The third kappa shape index (κ3) is 3.66. The Labute approximate surface area is 122 Å². The van der Waals surface area contributed by atoms with Crippen molar-refractivity contribution >= 4 is 23.3 Å². The number of thiophene rings is 1. The average molecular weight is 322 g/mol. The Bertz CT molecular complexity index is 518. The van der Waals surface area contributed by atoms with Gasteiger partial charge in [-0.15, -0.1) is 11.3 Å². The van der Waals surface area contributed by atoms with Gasteiger partial charge in [0.15, 0.2) is 0 Å². The van der Waals surface area contributed by atoms with Crippen LogP contribution in [-0.4, -0.2) is 41.3 Å². The molecule has 2 atom stereocenters. The van der Waals surface area contributed by atoms with E-state index in [1.807, 2.05) is 5.38 Å². The number of amides is 2. The van der Waals surface area contributed by atoms with Gasteiger partial charge in [-0.05, 0) is 11.4 Å². The van der Waals surface area contributed by atoms with Gasteiger partial charge in [-0.25, -0.2) is 4.79 Å². The van der Waals surface area contributed by atoms with E-state index in [2.05, 4.69) is 5.32 Å². The Morgan fingerprint density at radius 1 is 1.43 bits per heavy atom. The summed E-state index contributed by atoms with van der Waals surface area (Å²) >= 11 is 1.41. The highest BCUT2D eigenvalue weighted by atomic mass is 32.1. The molecule has 2 amide bonds. The third-order valence-corrected chi connectivity index (χ3v) is 4.22. The molecule has 2 rings (SSSR count). The molecule has 0 bridgehead atoms. The highest BCUT2D eigenvalue weighted by Crippen LogP contribution is 2.37. The predicted molar refractivity (Wildman–Crippen MR) is 68.8 cm³/mol. The number of likely N-dealkylation sites (tertiary alicyclic amines) is 1. The topological polar surface area (TPSA) is 69.6 Å². The van der Waals surface area contributed by atoms with Gasteiger partial charge in [-0.2, -0.15) is 13.2 Å². The third-order valence-electron chi connectivity index (χ3n) is 3.34. The second-order valence-electron chi connectivity index (χ2n) is 4.74. The van der Waals surface area contributed by atoms with Crippen molar-refractivity contribution in [1.29, 1.82) is 0 Å². The minimum Gasteiger partial charge on any atom is -0.481 e. The van der Waals surface area contributed by atoms with Gasteiger partial charge in [0.2, 0.25) is 0 Å². The van der Waals surface area contributed by atoms with Crippen molar-refractivity contribution in [2.24, 2.45) is 11.8 Å². The minimum atomic E-state index is -4.63. The van der Waals surface area contributed by atoms with E-state index in [0.29, 0.717) is 0 Å². The molecule has 0 spiro atoms. The quantitative estimate of drug-likeness (QED) is 0.896. The van der Waals surface area contributed by atoms with Gasteiger partial charge >= 0.3 is 18.2 Å². The number of nitrogens with zero attached hydrogens (tertiary/aromatic N) is 1. The molecule has 0 aliphatic carbocycles. The van der Waals surface area contributed by atoms with Crippen LogP contribution in [-0.2, 0) is 11.3 Å². The second kappa shape index (κ2) is 5.92. The Balaban J connectivity index is 1.98. The molecule has 1 aromatic heterocycles. The van der Waals surface area contributed by atoms with Crippen LogP contribution in [0.25, 0.3) is 0 Å². The maximum absolute atomic E-state index is 12.8. The van der Waals surface area contributed by atoms with Gasteiger partial charge in [0.05, 0.1) is 18.4 Å². The van der Waals surface area contributed by atoms with Crippen molar-refractivity contribution in [3.63, 3.8) is 0 Å². The molecular formula is C12H13F3N2O3S. The largest absolute Gasteiger partial charge is 0.481 e. The van der Waals surface area contributed by atoms with E-state index in [4.69, 9.17) is 5.11 Å². The molecule has 0 saturated carbocycles. The number of carbonyl (C=O) groups excluding carboxylic acids is 1. The molecule has 1 aliphatic rings.